The number of carbonyl (C=O) groups is 1. The smallest absolute Gasteiger partial charge is 0.253 e. The molecule has 1 aliphatic heterocycles. The Morgan fingerprint density at radius 2 is 1.95 bits per heavy atom. The Hall–Kier alpha value is -1.97. The van der Waals surface area contributed by atoms with Crippen LogP contribution < -0.4 is 0 Å². The van der Waals surface area contributed by atoms with Crippen LogP contribution in [0.25, 0.3) is 11.0 Å². The summed E-state index contributed by atoms with van der Waals surface area (Å²) in [6.07, 6.45) is 5.19. The summed E-state index contributed by atoms with van der Waals surface area (Å²) in [7, 11) is 0. The van der Waals surface area contributed by atoms with Crippen molar-refractivity contribution in [2.24, 2.45) is 0 Å². The summed E-state index contributed by atoms with van der Waals surface area (Å²) in [5, 5.41) is 0. The van der Waals surface area contributed by atoms with Crippen molar-refractivity contribution in [2.75, 3.05) is 13.1 Å². The van der Waals surface area contributed by atoms with E-state index < -0.39 is 0 Å². The Balaban J connectivity index is 1.93. The minimum atomic E-state index is 0.116. The summed E-state index contributed by atoms with van der Waals surface area (Å²) < 4.78 is 0. The zero-order valence-corrected chi connectivity index (χ0v) is 11.1. The largest absolute Gasteiger partial charge is 0.339 e. The van der Waals surface area contributed by atoms with Crippen molar-refractivity contribution in [1.29, 1.82) is 0 Å². The van der Waals surface area contributed by atoms with E-state index in [0.29, 0.717) is 5.56 Å². The maximum absolute atomic E-state index is 12.4. The normalized spacial score (nSPS) is 15.7. The highest BCUT2D eigenvalue weighted by Crippen LogP contribution is 2.16. The molecule has 1 fully saturated rings. The van der Waals surface area contributed by atoms with Crippen molar-refractivity contribution >= 4 is 16.9 Å². The molecule has 1 amide bonds. The lowest BCUT2D eigenvalue weighted by Crippen LogP contribution is -2.35. The summed E-state index contributed by atoms with van der Waals surface area (Å²) >= 11 is 0. The van der Waals surface area contributed by atoms with Crippen molar-refractivity contribution in [3.63, 3.8) is 0 Å². The minimum absolute atomic E-state index is 0.116. The monoisotopic (exact) mass is 255 g/mol. The highest BCUT2D eigenvalue weighted by molar-refractivity contribution is 5.97. The molecular formula is C15H17N3O. The van der Waals surface area contributed by atoms with Gasteiger partial charge in [-0.3, -0.25) is 9.78 Å². The molecule has 0 N–H and O–H groups in total. The van der Waals surface area contributed by atoms with E-state index in [4.69, 9.17) is 0 Å². The van der Waals surface area contributed by atoms with E-state index in [-0.39, 0.29) is 5.91 Å². The van der Waals surface area contributed by atoms with E-state index in [1.165, 1.54) is 6.42 Å². The number of hydrogen-bond acceptors (Lipinski definition) is 3. The van der Waals surface area contributed by atoms with Crippen molar-refractivity contribution in [2.45, 2.75) is 26.2 Å². The summed E-state index contributed by atoms with van der Waals surface area (Å²) in [6.45, 7) is 3.65. The van der Waals surface area contributed by atoms with Gasteiger partial charge in [0.15, 0.2) is 0 Å². The molecule has 3 rings (SSSR count). The maximum atomic E-state index is 12.4. The average molecular weight is 255 g/mol. The van der Waals surface area contributed by atoms with Gasteiger partial charge in [0.25, 0.3) is 5.91 Å². The molecule has 1 aromatic heterocycles. The Morgan fingerprint density at radius 3 is 2.74 bits per heavy atom. The van der Waals surface area contributed by atoms with Crippen molar-refractivity contribution in [1.82, 2.24) is 14.9 Å². The first-order valence-corrected chi connectivity index (χ1v) is 6.77. The molecule has 0 bridgehead atoms. The Bertz CT molecular complexity index is 618. The zero-order chi connectivity index (χ0) is 13.2. The number of nitrogens with zero attached hydrogens (tertiary/aromatic N) is 3. The minimum Gasteiger partial charge on any atom is -0.339 e. The molecule has 0 atom stereocenters. The first-order valence-electron chi connectivity index (χ1n) is 6.77. The van der Waals surface area contributed by atoms with Crippen molar-refractivity contribution in [3.8, 4) is 0 Å². The van der Waals surface area contributed by atoms with Crippen LogP contribution in [0.1, 0.15) is 35.3 Å². The van der Waals surface area contributed by atoms with Crippen LogP contribution in [-0.4, -0.2) is 33.9 Å². The second-order valence-corrected chi connectivity index (χ2v) is 5.07. The third kappa shape index (κ3) is 2.43. The highest BCUT2D eigenvalue weighted by atomic mass is 16.2. The van der Waals surface area contributed by atoms with Crippen LogP contribution in [0, 0.1) is 6.92 Å². The first-order chi connectivity index (χ1) is 9.24. The summed E-state index contributed by atoms with van der Waals surface area (Å²) in [4.78, 5) is 23.1. The molecule has 2 aromatic rings. The van der Waals surface area contributed by atoms with Gasteiger partial charge in [0.2, 0.25) is 0 Å². The SMILES string of the molecule is Cc1cnc2ccc(C(=O)N3CCCCC3)cc2n1. The van der Waals surface area contributed by atoms with Crippen LogP contribution in [-0.2, 0) is 0 Å². The van der Waals surface area contributed by atoms with Gasteiger partial charge in [-0.25, -0.2) is 4.98 Å². The number of aryl methyl sites for hydroxylation is 1. The summed E-state index contributed by atoms with van der Waals surface area (Å²) in [6, 6.07) is 5.58. The van der Waals surface area contributed by atoms with Gasteiger partial charge in [-0.2, -0.15) is 0 Å². The number of carbonyl (C=O) groups excluding carboxylic acids is 1. The van der Waals surface area contributed by atoms with Gasteiger partial charge in [0.1, 0.15) is 0 Å². The molecule has 0 saturated carbocycles. The zero-order valence-electron chi connectivity index (χ0n) is 11.1. The average Bonchev–Trinajstić information content (AvgIpc) is 2.46. The topological polar surface area (TPSA) is 46.1 Å². The van der Waals surface area contributed by atoms with Crippen LogP contribution in [0.2, 0.25) is 0 Å². The number of amides is 1. The summed E-state index contributed by atoms with van der Waals surface area (Å²) in [5.74, 6) is 0.116. The predicted octanol–water partition coefficient (Wildman–Crippen LogP) is 2.56. The molecule has 0 aliphatic carbocycles. The van der Waals surface area contributed by atoms with Crippen LogP contribution in [0.4, 0.5) is 0 Å². The van der Waals surface area contributed by atoms with Crippen LogP contribution in [0.15, 0.2) is 24.4 Å². The fourth-order valence-corrected chi connectivity index (χ4v) is 2.52. The van der Waals surface area contributed by atoms with E-state index >= 15 is 0 Å². The Morgan fingerprint density at radius 1 is 1.16 bits per heavy atom. The molecular weight excluding hydrogens is 238 g/mol. The molecule has 1 saturated heterocycles. The molecule has 0 unspecified atom stereocenters. The van der Waals surface area contributed by atoms with Crippen LogP contribution >= 0.6 is 0 Å². The van der Waals surface area contributed by atoms with Crippen molar-refractivity contribution < 1.29 is 4.79 Å². The molecule has 98 valence electrons. The quantitative estimate of drug-likeness (QED) is 0.786. The molecule has 4 nitrogen and oxygen atoms in total. The molecule has 2 heterocycles. The number of piperidine rings is 1. The summed E-state index contributed by atoms with van der Waals surface area (Å²) in [5.41, 5.74) is 3.22. The predicted molar refractivity (Wildman–Crippen MR) is 74.0 cm³/mol. The van der Waals surface area contributed by atoms with Crippen molar-refractivity contribution in [3.05, 3.63) is 35.7 Å². The molecule has 1 aromatic carbocycles. The van der Waals surface area contributed by atoms with Gasteiger partial charge in [-0.05, 0) is 44.4 Å². The number of hydrogen-bond donors (Lipinski definition) is 0. The third-order valence-corrected chi connectivity index (χ3v) is 3.55. The van der Waals surface area contributed by atoms with Gasteiger partial charge < -0.3 is 4.90 Å². The lowest BCUT2D eigenvalue weighted by Gasteiger charge is -2.26. The first kappa shape index (κ1) is 12.1. The fourth-order valence-electron chi connectivity index (χ4n) is 2.52. The second kappa shape index (κ2) is 4.96. The molecule has 0 spiro atoms. The molecule has 4 heteroatoms. The van der Waals surface area contributed by atoms with E-state index in [0.717, 1.165) is 42.7 Å². The Labute approximate surface area is 112 Å². The lowest BCUT2D eigenvalue weighted by molar-refractivity contribution is 0.0724. The second-order valence-electron chi connectivity index (χ2n) is 5.07. The van der Waals surface area contributed by atoms with E-state index in [1.54, 1.807) is 6.20 Å². The van der Waals surface area contributed by atoms with Gasteiger partial charge in [-0.1, -0.05) is 0 Å². The van der Waals surface area contributed by atoms with Gasteiger partial charge >= 0.3 is 0 Å². The van der Waals surface area contributed by atoms with Crippen LogP contribution in [0.3, 0.4) is 0 Å². The standard InChI is InChI=1S/C15H17N3O/c1-11-10-16-13-6-5-12(9-14(13)17-11)15(19)18-7-3-2-4-8-18/h5-6,9-10H,2-4,7-8H2,1H3. The van der Waals surface area contributed by atoms with Gasteiger partial charge in [0.05, 0.1) is 16.7 Å². The number of likely N-dealkylation sites (tertiary alicyclic amines) is 1. The number of benzene rings is 1. The molecule has 19 heavy (non-hydrogen) atoms. The lowest BCUT2D eigenvalue weighted by atomic mass is 10.1. The van der Waals surface area contributed by atoms with Crippen LogP contribution in [0.5, 0.6) is 0 Å². The van der Waals surface area contributed by atoms with E-state index in [1.807, 2.05) is 30.0 Å². The molecule has 1 aliphatic rings. The van der Waals surface area contributed by atoms with Gasteiger partial charge in [-0.15, -0.1) is 0 Å². The van der Waals surface area contributed by atoms with Gasteiger partial charge in [0, 0.05) is 24.8 Å². The van der Waals surface area contributed by atoms with E-state index in [2.05, 4.69) is 9.97 Å². The maximum Gasteiger partial charge on any atom is 0.253 e. The number of aromatic nitrogens is 2. The Kier molecular flexibility index (Phi) is 3.15. The van der Waals surface area contributed by atoms with E-state index in [9.17, 15) is 4.79 Å². The number of fused-ring (bicyclic) bond motifs is 1. The fraction of sp³-hybridized carbons (Fsp3) is 0.400. The number of rotatable bonds is 1. The third-order valence-electron chi connectivity index (χ3n) is 3.55. The highest BCUT2D eigenvalue weighted by Gasteiger charge is 2.18. The molecule has 0 radical (unpaired) electrons.